The van der Waals surface area contributed by atoms with E-state index in [0.717, 1.165) is 11.0 Å². The summed E-state index contributed by atoms with van der Waals surface area (Å²) in [6.07, 6.45) is 0.0588. The van der Waals surface area contributed by atoms with Gasteiger partial charge in [-0.1, -0.05) is 34.3 Å². The van der Waals surface area contributed by atoms with E-state index in [9.17, 15) is 4.79 Å². The Kier molecular flexibility index (Phi) is 4.92. The summed E-state index contributed by atoms with van der Waals surface area (Å²) >= 11 is 4.59. The molecule has 106 valence electrons. The third kappa shape index (κ3) is 3.14. The summed E-state index contributed by atoms with van der Waals surface area (Å²) in [6.45, 7) is 7.24. The van der Waals surface area contributed by atoms with Crippen molar-refractivity contribution in [2.45, 2.75) is 38.8 Å². The zero-order valence-electron chi connectivity index (χ0n) is 11.3. The summed E-state index contributed by atoms with van der Waals surface area (Å²) < 4.78 is 9.57. The lowest BCUT2D eigenvalue weighted by molar-refractivity contribution is -0.0360. The van der Waals surface area contributed by atoms with Crippen molar-refractivity contribution in [3.8, 4) is 0 Å². The largest absolute Gasteiger partial charge is 0.373 e. The van der Waals surface area contributed by atoms with E-state index in [0.29, 0.717) is 18.0 Å². The number of carbonyl (C=O) groups is 1. The first kappa shape index (κ1) is 14.9. The van der Waals surface area contributed by atoms with E-state index >= 15 is 0 Å². The molecule has 1 amide bonds. The van der Waals surface area contributed by atoms with Crippen molar-refractivity contribution in [3.63, 3.8) is 0 Å². The maximum Gasteiger partial charge on any atom is 0.267 e. The van der Waals surface area contributed by atoms with Gasteiger partial charge in [-0.05, 0) is 24.4 Å². The Morgan fingerprint density at radius 3 is 3.00 bits per heavy atom. The number of aromatic nitrogens is 2. The van der Waals surface area contributed by atoms with Gasteiger partial charge in [0.05, 0.1) is 24.4 Å². The number of rotatable bonds is 3. The normalized spacial score (nSPS) is 23.9. The molecule has 1 aliphatic rings. The van der Waals surface area contributed by atoms with Crippen molar-refractivity contribution >= 4 is 33.4 Å². The lowest BCUT2D eigenvalue weighted by Gasteiger charge is -2.37. The van der Waals surface area contributed by atoms with Gasteiger partial charge in [-0.25, -0.2) is 0 Å². The van der Waals surface area contributed by atoms with E-state index in [-0.39, 0.29) is 24.0 Å². The highest BCUT2D eigenvalue weighted by atomic mass is 79.9. The van der Waals surface area contributed by atoms with Crippen LogP contribution >= 0.6 is 27.5 Å². The molecule has 0 N–H and O–H groups in total. The number of hydrogen-bond donors (Lipinski definition) is 0. The molecule has 5 nitrogen and oxygen atoms in total. The van der Waals surface area contributed by atoms with Crippen molar-refractivity contribution in [2.24, 2.45) is 0 Å². The zero-order valence-corrected chi connectivity index (χ0v) is 13.7. The predicted octanol–water partition coefficient (Wildman–Crippen LogP) is 2.29. The molecule has 0 aromatic carbocycles. The minimum atomic E-state index is 0.0282. The van der Waals surface area contributed by atoms with Crippen LogP contribution < -0.4 is 0 Å². The number of carbonyl (C=O) groups excluding carboxylic acids is 1. The Hall–Kier alpha value is -0.530. The van der Waals surface area contributed by atoms with Gasteiger partial charge in [-0.3, -0.25) is 4.79 Å². The molecule has 2 heterocycles. The van der Waals surface area contributed by atoms with Gasteiger partial charge in [-0.2, -0.15) is 0 Å². The molecule has 0 spiro atoms. The second kappa shape index (κ2) is 6.28. The summed E-state index contributed by atoms with van der Waals surface area (Å²) in [5, 5.41) is 4.81. The van der Waals surface area contributed by atoms with Gasteiger partial charge < -0.3 is 9.64 Å². The number of halogens is 1. The van der Waals surface area contributed by atoms with Crippen LogP contribution in [0.15, 0.2) is 0 Å². The predicted molar refractivity (Wildman–Crippen MR) is 78.0 cm³/mol. The van der Waals surface area contributed by atoms with E-state index in [4.69, 9.17) is 4.74 Å². The average molecular weight is 348 g/mol. The number of morpholine rings is 1. The molecule has 1 fully saturated rings. The van der Waals surface area contributed by atoms with Gasteiger partial charge in [0.2, 0.25) is 0 Å². The van der Waals surface area contributed by atoms with Gasteiger partial charge >= 0.3 is 0 Å². The highest BCUT2D eigenvalue weighted by molar-refractivity contribution is 9.09. The van der Waals surface area contributed by atoms with Crippen LogP contribution in [0.1, 0.15) is 42.1 Å². The smallest absolute Gasteiger partial charge is 0.267 e. The third-order valence-corrected chi connectivity index (χ3v) is 4.64. The highest BCUT2D eigenvalue weighted by Gasteiger charge is 2.32. The lowest BCUT2D eigenvalue weighted by Crippen LogP contribution is -2.51. The van der Waals surface area contributed by atoms with Crippen molar-refractivity contribution in [2.75, 3.05) is 18.5 Å². The van der Waals surface area contributed by atoms with E-state index in [1.807, 2.05) is 25.7 Å². The number of ether oxygens (including phenoxy) is 1. The third-order valence-electron chi connectivity index (χ3n) is 3.19. The lowest BCUT2D eigenvalue weighted by atomic mass is 10.1. The van der Waals surface area contributed by atoms with Gasteiger partial charge in [-0.15, -0.1) is 5.10 Å². The number of hydrogen-bond acceptors (Lipinski definition) is 5. The van der Waals surface area contributed by atoms with Crippen LogP contribution in [0.4, 0.5) is 0 Å². The number of nitrogens with zero attached hydrogens (tertiary/aromatic N) is 3. The molecule has 2 atom stereocenters. The molecule has 1 aliphatic heterocycles. The van der Waals surface area contributed by atoms with Gasteiger partial charge in [0.15, 0.2) is 0 Å². The Balaban J connectivity index is 2.20. The minimum Gasteiger partial charge on any atom is -0.373 e. The molecule has 2 unspecified atom stereocenters. The van der Waals surface area contributed by atoms with E-state index < -0.39 is 0 Å². The first-order chi connectivity index (χ1) is 9.04. The first-order valence-corrected chi connectivity index (χ1v) is 8.24. The van der Waals surface area contributed by atoms with Crippen LogP contribution in [-0.4, -0.2) is 51.0 Å². The highest BCUT2D eigenvalue weighted by Crippen LogP contribution is 2.24. The van der Waals surface area contributed by atoms with Crippen LogP contribution in [-0.2, 0) is 4.74 Å². The Labute approximate surface area is 125 Å². The molecule has 0 bridgehead atoms. The summed E-state index contributed by atoms with van der Waals surface area (Å²) in [5.74, 6) is 0.237. The Morgan fingerprint density at radius 1 is 1.63 bits per heavy atom. The molecular weight excluding hydrogens is 330 g/mol. The van der Waals surface area contributed by atoms with E-state index in [2.05, 4.69) is 25.5 Å². The summed E-state index contributed by atoms with van der Waals surface area (Å²) in [4.78, 5) is 15.2. The van der Waals surface area contributed by atoms with Crippen molar-refractivity contribution in [3.05, 3.63) is 10.6 Å². The van der Waals surface area contributed by atoms with E-state index in [1.54, 1.807) is 0 Å². The molecular formula is C12H18BrN3O2S. The first-order valence-electron chi connectivity index (χ1n) is 6.35. The van der Waals surface area contributed by atoms with Crippen molar-refractivity contribution in [1.29, 1.82) is 0 Å². The molecule has 2 rings (SSSR count). The monoisotopic (exact) mass is 347 g/mol. The second-order valence-electron chi connectivity index (χ2n) is 5.06. The fourth-order valence-corrected chi connectivity index (χ4v) is 3.22. The topological polar surface area (TPSA) is 55.3 Å². The van der Waals surface area contributed by atoms with E-state index in [1.165, 1.54) is 11.5 Å². The standard InChI is InChI=1S/C12H18BrN3O2S/c1-7(2)10-11(19-15-14-10)12(17)16-5-9(4-13)18-6-8(16)3/h7-9H,4-6H2,1-3H3. The zero-order chi connectivity index (χ0) is 14.0. The molecule has 0 radical (unpaired) electrons. The molecule has 1 aromatic rings. The molecule has 7 heteroatoms. The summed E-state index contributed by atoms with van der Waals surface area (Å²) in [7, 11) is 0. The Bertz CT molecular complexity index is 452. The summed E-state index contributed by atoms with van der Waals surface area (Å²) in [6, 6.07) is 0.0879. The number of amides is 1. The fraction of sp³-hybridized carbons (Fsp3) is 0.750. The SMILES string of the molecule is CC(C)c1nnsc1C(=O)N1CC(CBr)OCC1C. The Morgan fingerprint density at radius 2 is 2.37 bits per heavy atom. The molecule has 1 aromatic heterocycles. The maximum absolute atomic E-state index is 12.6. The average Bonchev–Trinajstić information content (AvgIpc) is 2.88. The van der Waals surface area contributed by atoms with Crippen LogP contribution in [0.25, 0.3) is 0 Å². The van der Waals surface area contributed by atoms with Gasteiger partial charge in [0.1, 0.15) is 4.88 Å². The second-order valence-corrected chi connectivity index (χ2v) is 6.46. The van der Waals surface area contributed by atoms with Crippen LogP contribution in [0, 0.1) is 0 Å². The molecule has 0 aliphatic carbocycles. The minimum absolute atomic E-state index is 0.0282. The molecule has 0 saturated carbocycles. The van der Waals surface area contributed by atoms with Crippen LogP contribution in [0.5, 0.6) is 0 Å². The van der Waals surface area contributed by atoms with Crippen LogP contribution in [0.2, 0.25) is 0 Å². The number of alkyl halides is 1. The fourth-order valence-electron chi connectivity index (χ4n) is 2.05. The van der Waals surface area contributed by atoms with Gasteiger partial charge in [0, 0.05) is 11.9 Å². The quantitative estimate of drug-likeness (QED) is 0.787. The van der Waals surface area contributed by atoms with Gasteiger partial charge in [0.25, 0.3) is 5.91 Å². The summed E-state index contributed by atoms with van der Waals surface area (Å²) in [5.41, 5.74) is 0.795. The molecule has 19 heavy (non-hydrogen) atoms. The maximum atomic E-state index is 12.6. The van der Waals surface area contributed by atoms with Crippen molar-refractivity contribution in [1.82, 2.24) is 14.5 Å². The van der Waals surface area contributed by atoms with Crippen LogP contribution in [0.3, 0.4) is 0 Å². The molecule has 1 saturated heterocycles. The van der Waals surface area contributed by atoms with Crippen molar-refractivity contribution < 1.29 is 9.53 Å².